The summed E-state index contributed by atoms with van der Waals surface area (Å²) in [7, 11) is 0. The van der Waals surface area contributed by atoms with E-state index in [0.29, 0.717) is 40.6 Å². The molecule has 32 heavy (non-hydrogen) atoms. The quantitative estimate of drug-likeness (QED) is 0.452. The fraction of sp³-hybridized carbons (Fsp3) is 0.933. The summed E-state index contributed by atoms with van der Waals surface area (Å²) in [6, 6.07) is 0. The largest absolute Gasteiger partial charge is 0.396 e. The van der Waals surface area contributed by atoms with Gasteiger partial charge in [-0.2, -0.15) is 0 Å². The third-order valence-electron chi connectivity index (χ3n) is 13.5. The fourth-order valence-corrected chi connectivity index (χ4v) is 11.5. The molecular weight excluding hydrogens is 392 g/mol. The first-order valence-corrected chi connectivity index (χ1v) is 13.8. The van der Waals surface area contributed by atoms with E-state index in [4.69, 9.17) is 0 Å². The van der Waals surface area contributed by atoms with E-state index < -0.39 is 0 Å². The van der Waals surface area contributed by atoms with E-state index in [2.05, 4.69) is 48.1 Å². The highest BCUT2D eigenvalue weighted by molar-refractivity contribution is 5.21. The molecule has 0 aromatic carbocycles. The third-order valence-corrected chi connectivity index (χ3v) is 13.5. The number of hydrogen-bond donors (Lipinski definition) is 2. The Morgan fingerprint density at radius 2 is 1.53 bits per heavy atom. The highest BCUT2D eigenvalue weighted by Gasteiger charge is 2.70. The number of allylic oxidation sites excluding steroid dienone is 1. The first-order valence-electron chi connectivity index (χ1n) is 13.8. The Kier molecular flexibility index (Phi) is 5.19. The van der Waals surface area contributed by atoms with Crippen LogP contribution in [0.1, 0.15) is 106 Å². The molecule has 0 aliphatic heterocycles. The van der Waals surface area contributed by atoms with Gasteiger partial charge in [0.05, 0.1) is 6.10 Å². The van der Waals surface area contributed by atoms with E-state index in [1.807, 2.05) is 0 Å². The smallest absolute Gasteiger partial charge is 0.0594 e. The normalized spacial score (nSPS) is 56.5. The topological polar surface area (TPSA) is 40.5 Å². The molecule has 5 rings (SSSR count). The Balaban J connectivity index is 1.55. The number of hydrogen-bond acceptors (Lipinski definition) is 2. The fourth-order valence-electron chi connectivity index (χ4n) is 11.5. The molecule has 5 aliphatic rings. The lowest BCUT2D eigenvalue weighted by molar-refractivity contribution is -0.249. The maximum absolute atomic E-state index is 10.9. The van der Waals surface area contributed by atoms with Crippen LogP contribution in [-0.4, -0.2) is 22.9 Å². The zero-order valence-electron chi connectivity index (χ0n) is 21.8. The van der Waals surface area contributed by atoms with Crippen LogP contribution in [0.25, 0.3) is 0 Å². The molecule has 0 amide bonds. The van der Waals surface area contributed by atoms with Crippen molar-refractivity contribution in [2.24, 2.45) is 56.7 Å². The first kappa shape index (κ1) is 23.4. The Bertz CT molecular complexity index is 786. The van der Waals surface area contributed by atoms with Crippen molar-refractivity contribution in [1.29, 1.82) is 0 Å². The summed E-state index contributed by atoms with van der Waals surface area (Å²) >= 11 is 0. The van der Waals surface area contributed by atoms with Gasteiger partial charge in [-0.25, -0.2) is 0 Å². The number of rotatable bonds is 2. The van der Waals surface area contributed by atoms with Gasteiger partial charge in [-0.15, -0.1) is 0 Å². The Morgan fingerprint density at radius 1 is 0.812 bits per heavy atom. The van der Waals surface area contributed by atoms with Crippen molar-refractivity contribution in [3.8, 4) is 0 Å². The van der Waals surface area contributed by atoms with Crippen molar-refractivity contribution >= 4 is 0 Å². The molecule has 5 fully saturated rings. The lowest BCUT2D eigenvalue weighted by Crippen LogP contribution is -2.66. The van der Waals surface area contributed by atoms with Crippen LogP contribution in [-0.2, 0) is 0 Å². The Morgan fingerprint density at radius 3 is 2.19 bits per heavy atom. The van der Waals surface area contributed by atoms with Gasteiger partial charge in [0.2, 0.25) is 0 Å². The molecule has 5 aliphatic carbocycles. The molecule has 0 saturated heterocycles. The van der Waals surface area contributed by atoms with Crippen LogP contribution in [0.4, 0.5) is 0 Å². The van der Waals surface area contributed by atoms with Crippen molar-refractivity contribution < 1.29 is 10.2 Å². The van der Waals surface area contributed by atoms with E-state index in [9.17, 15) is 10.2 Å². The molecular formula is C30H50O2. The second-order valence-corrected chi connectivity index (χ2v) is 14.6. The highest BCUT2D eigenvalue weighted by Crippen LogP contribution is 2.77. The second kappa shape index (κ2) is 7.09. The van der Waals surface area contributed by atoms with E-state index >= 15 is 0 Å². The molecule has 0 heterocycles. The van der Waals surface area contributed by atoms with Crippen LogP contribution >= 0.6 is 0 Å². The second-order valence-electron chi connectivity index (χ2n) is 14.6. The van der Waals surface area contributed by atoms with Crippen LogP contribution in [0.2, 0.25) is 0 Å². The standard InChI is InChI=1S/C30H50O2/c1-19(2)20-10-15-30(18-31)17-16-28(6)21(25(20)30)8-9-23-27(5)13-12-24(32)26(3,4)22(27)11-14-29(23,28)7/h20-25,31-32H,1,8-18H2,2-7H3/t20-,21+,22+,23-,24+,25+,27-,28-,29+,30-/m1/s1. The maximum atomic E-state index is 10.9. The molecule has 0 spiro atoms. The molecule has 2 nitrogen and oxygen atoms in total. The van der Waals surface area contributed by atoms with Crippen LogP contribution in [0.5, 0.6) is 0 Å². The summed E-state index contributed by atoms with van der Waals surface area (Å²) in [5.41, 5.74) is 2.60. The predicted octanol–water partition coefficient (Wildman–Crippen LogP) is 7.00. The summed E-state index contributed by atoms with van der Waals surface area (Å²) in [4.78, 5) is 0. The lowest BCUT2D eigenvalue weighted by Gasteiger charge is -2.73. The average Bonchev–Trinajstić information content (AvgIpc) is 3.12. The van der Waals surface area contributed by atoms with Gasteiger partial charge in [0, 0.05) is 6.61 Å². The van der Waals surface area contributed by atoms with Gasteiger partial charge in [-0.05, 0) is 128 Å². The SMILES string of the molecule is C=C(C)[C@H]1CC[C@]2(CO)CC[C@]3(C)[C@@H](CC[C@@H]4[C@]5(C)CC[C@H](O)C(C)(C)[C@@H]5CC[C@@]43C)[C@H]12. The van der Waals surface area contributed by atoms with E-state index in [1.165, 1.54) is 63.4 Å². The van der Waals surface area contributed by atoms with Crippen molar-refractivity contribution in [2.75, 3.05) is 6.61 Å². The molecule has 0 aromatic heterocycles. The molecule has 0 aromatic rings. The van der Waals surface area contributed by atoms with Crippen LogP contribution < -0.4 is 0 Å². The van der Waals surface area contributed by atoms with Crippen LogP contribution in [0, 0.1) is 56.7 Å². The van der Waals surface area contributed by atoms with Gasteiger partial charge in [0.15, 0.2) is 0 Å². The van der Waals surface area contributed by atoms with Crippen molar-refractivity contribution in [3.05, 3.63) is 12.2 Å². The lowest BCUT2D eigenvalue weighted by atomic mass is 9.32. The van der Waals surface area contributed by atoms with Gasteiger partial charge in [0.25, 0.3) is 0 Å². The summed E-state index contributed by atoms with van der Waals surface area (Å²) in [5.74, 6) is 3.33. The summed E-state index contributed by atoms with van der Waals surface area (Å²) < 4.78 is 0. The van der Waals surface area contributed by atoms with Gasteiger partial charge >= 0.3 is 0 Å². The first-order chi connectivity index (χ1) is 14.9. The Hall–Kier alpha value is -0.340. The van der Waals surface area contributed by atoms with Gasteiger partial charge in [-0.1, -0.05) is 46.8 Å². The Labute approximate surface area is 197 Å². The van der Waals surface area contributed by atoms with Crippen molar-refractivity contribution in [1.82, 2.24) is 0 Å². The summed E-state index contributed by atoms with van der Waals surface area (Å²) in [6.45, 7) is 19.7. The van der Waals surface area contributed by atoms with Crippen molar-refractivity contribution in [3.63, 3.8) is 0 Å². The molecule has 5 saturated carbocycles. The molecule has 0 unspecified atom stereocenters. The minimum absolute atomic E-state index is 0.0290. The van der Waals surface area contributed by atoms with Crippen LogP contribution in [0.15, 0.2) is 12.2 Å². The highest BCUT2D eigenvalue weighted by atomic mass is 16.3. The van der Waals surface area contributed by atoms with Gasteiger partial charge in [-0.3, -0.25) is 0 Å². The monoisotopic (exact) mass is 442 g/mol. The number of fused-ring (bicyclic) bond motifs is 7. The summed E-state index contributed by atoms with van der Waals surface area (Å²) in [5, 5.41) is 21.5. The molecule has 0 radical (unpaired) electrons. The van der Waals surface area contributed by atoms with E-state index in [-0.39, 0.29) is 16.9 Å². The average molecular weight is 443 g/mol. The van der Waals surface area contributed by atoms with Crippen molar-refractivity contribution in [2.45, 2.75) is 112 Å². The van der Waals surface area contributed by atoms with E-state index in [0.717, 1.165) is 18.3 Å². The minimum Gasteiger partial charge on any atom is -0.396 e. The zero-order valence-corrected chi connectivity index (χ0v) is 21.8. The molecule has 2 N–H and O–H groups in total. The molecule has 2 heteroatoms. The maximum Gasteiger partial charge on any atom is 0.0594 e. The van der Waals surface area contributed by atoms with E-state index in [1.54, 1.807) is 0 Å². The minimum atomic E-state index is -0.147. The zero-order chi connectivity index (χ0) is 23.3. The number of aliphatic hydroxyl groups excluding tert-OH is 2. The molecule has 0 bridgehead atoms. The van der Waals surface area contributed by atoms with Gasteiger partial charge in [0.1, 0.15) is 0 Å². The number of aliphatic hydroxyl groups is 2. The molecule has 10 atom stereocenters. The van der Waals surface area contributed by atoms with Gasteiger partial charge < -0.3 is 10.2 Å². The molecule has 182 valence electrons. The third kappa shape index (κ3) is 2.66. The predicted molar refractivity (Wildman–Crippen MR) is 132 cm³/mol. The van der Waals surface area contributed by atoms with Crippen LogP contribution in [0.3, 0.4) is 0 Å². The summed E-state index contributed by atoms with van der Waals surface area (Å²) in [6.07, 6.45) is 12.2.